The molecule has 2 bridgehead atoms. The highest BCUT2D eigenvalue weighted by atomic mass is 19.4. The Morgan fingerprint density at radius 1 is 1.19 bits per heavy atom. The first kappa shape index (κ1) is 22.0. The molecule has 2 N–H and O–H groups in total. The maximum Gasteiger partial charge on any atom is 0.573 e. The summed E-state index contributed by atoms with van der Waals surface area (Å²) in [7, 11) is 0. The zero-order valence-electron chi connectivity index (χ0n) is 17.5. The minimum absolute atomic E-state index is 0.0160. The van der Waals surface area contributed by atoms with Gasteiger partial charge >= 0.3 is 18.5 Å². The van der Waals surface area contributed by atoms with Crippen LogP contribution < -0.4 is 14.8 Å². The number of benzene rings is 1. The van der Waals surface area contributed by atoms with Crippen LogP contribution in [0, 0.1) is 11.8 Å². The number of halogens is 3. The largest absolute Gasteiger partial charge is 0.573 e. The first-order valence-corrected chi connectivity index (χ1v) is 10.3. The fraction of sp³-hybridized carbons (Fsp3) is 0.550. The summed E-state index contributed by atoms with van der Waals surface area (Å²) in [4.78, 5) is 17.1. The van der Waals surface area contributed by atoms with Crippen LogP contribution >= 0.6 is 0 Å². The van der Waals surface area contributed by atoms with Crippen molar-refractivity contribution in [1.82, 2.24) is 19.7 Å². The fourth-order valence-electron chi connectivity index (χ4n) is 4.38. The number of piperidine rings is 1. The topological polar surface area (TPSA) is 102 Å². The molecule has 3 atom stereocenters. The van der Waals surface area contributed by atoms with Crippen molar-refractivity contribution in [2.75, 3.05) is 18.4 Å². The SMILES string of the molecule is CC(C)n1nc(NC2[C@@H]3CC[C@H]2CN(C(=O)O)C3)nc1Oc1ccccc1OC(F)(F)F. The summed E-state index contributed by atoms with van der Waals surface area (Å²) in [6.45, 7) is 4.58. The van der Waals surface area contributed by atoms with Crippen LogP contribution in [0.3, 0.4) is 0 Å². The standard InChI is InChI=1S/C20H24F3N5O4/c1-11(2)28-18(31-14-5-3-4-6-15(14)32-20(21,22)23)25-17(26-28)24-16-12-7-8-13(16)10-27(9-12)19(29)30/h3-6,11-13,16H,7-10H2,1-2H3,(H,24,26)(H,29,30)/t12-,13+,16?. The normalized spacial score (nSPS) is 22.8. The van der Waals surface area contributed by atoms with Crippen molar-refractivity contribution in [2.45, 2.75) is 45.1 Å². The van der Waals surface area contributed by atoms with Gasteiger partial charge in [-0.1, -0.05) is 12.1 Å². The lowest BCUT2D eigenvalue weighted by Crippen LogP contribution is -2.49. The lowest BCUT2D eigenvalue weighted by atomic mass is 9.92. The summed E-state index contributed by atoms with van der Waals surface area (Å²) in [5, 5.41) is 17.0. The molecule has 1 unspecified atom stereocenters. The number of alkyl halides is 3. The third-order valence-electron chi connectivity index (χ3n) is 5.77. The quantitative estimate of drug-likeness (QED) is 0.668. The van der Waals surface area contributed by atoms with Crippen molar-refractivity contribution in [1.29, 1.82) is 0 Å². The van der Waals surface area contributed by atoms with Gasteiger partial charge in [-0.3, -0.25) is 0 Å². The number of carboxylic acid groups (broad SMARTS) is 1. The van der Waals surface area contributed by atoms with Crippen LogP contribution in [0.4, 0.5) is 23.9 Å². The summed E-state index contributed by atoms with van der Waals surface area (Å²) in [6, 6.07) is 5.32. The molecule has 4 rings (SSSR count). The molecule has 2 fully saturated rings. The molecule has 174 valence electrons. The molecule has 2 aliphatic rings. The Bertz CT molecular complexity index is 966. The number of nitrogens with zero attached hydrogens (tertiary/aromatic N) is 4. The average Bonchev–Trinajstić information content (AvgIpc) is 3.18. The molecule has 1 amide bonds. The van der Waals surface area contributed by atoms with Crippen LogP contribution in [0.25, 0.3) is 0 Å². The monoisotopic (exact) mass is 455 g/mol. The summed E-state index contributed by atoms with van der Waals surface area (Å²) in [5.41, 5.74) is 0. The van der Waals surface area contributed by atoms with Gasteiger partial charge in [-0.15, -0.1) is 18.3 Å². The molecule has 1 aliphatic heterocycles. The Kier molecular flexibility index (Phi) is 5.78. The molecule has 1 saturated carbocycles. The minimum Gasteiger partial charge on any atom is -0.465 e. The van der Waals surface area contributed by atoms with E-state index in [4.69, 9.17) is 4.74 Å². The Morgan fingerprint density at radius 2 is 1.81 bits per heavy atom. The van der Waals surface area contributed by atoms with E-state index in [1.165, 1.54) is 27.8 Å². The summed E-state index contributed by atoms with van der Waals surface area (Å²) in [6.07, 6.45) is -3.97. The first-order chi connectivity index (χ1) is 15.1. The van der Waals surface area contributed by atoms with Crippen LogP contribution in [0.15, 0.2) is 24.3 Å². The first-order valence-electron chi connectivity index (χ1n) is 10.3. The Labute approximate surface area is 182 Å². The highest BCUT2D eigenvalue weighted by Gasteiger charge is 2.44. The van der Waals surface area contributed by atoms with Gasteiger partial charge in [0.2, 0.25) is 5.95 Å². The molecule has 12 heteroatoms. The number of fused-ring (bicyclic) bond motifs is 2. The number of nitrogens with one attached hydrogen (secondary N) is 1. The number of likely N-dealkylation sites (tertiary alicyclic amines) is 1. The smallest absolute Gasteiger partial charge is 0.465 e. The average molecular weight is 455 g/mol. The highest BCUT2D eigenvalue weighted by molar-refractivity contribution is 5.65. The third kappa shape index (κ3) is 4.68. The summed E-state index contributed by atoms with van der Waals surface area (Å²) >= 11 is 0. The van der Waals surface area contributed by atoms with E-state index in [1.807, 2.05) is 13.8 Å². The molecular formula is C20H24F3N5O4. The van der Waals surface area contributed by atoms with E-state index in [1.54, 1.807) is 0 Å². The molecule has 1 aromatic heterocycles. The Balaban J connectivity index is 1.54. The molecule has 0 radical (unpaired) electrons. The van der Waals surface area contributed by atoms with E-state index < -0.39 is 18.2 Å². The number of ether oxygens (including phenoxy) is 2. The van der Waals surface area contributed by atoms with Crippen molar-refractivity contribution < 1.29 is 32.5 Å². The van der Waals surface area contributed by atoms with E-state index in [-0.39, 0.29) is 41.6 Å². The van der Waals surface area contributed by atoms with E-state index >= 15 is 0 Å². The molecule has 2 aromatic rings. The lowest BCUT2D eigenvalue weighted by molar-refractivity contribution is -0.275. The van der Waals surface area contributed by atoms with Gasteiger partial charge in [0, 0.05) is 19.1 Å². The predicted molar refractivity (Wildman–Crippen MR) is 107 cm³/mol. The zero-order chi connectivity index (χ0) is 23.0. The molecule has 1 aliphatic carbocycles. The van der Waals surface area contributed by atoms with Crippen molar-refractivity contribution >= 4 is 12.0 Å². The van der Waals surface area contributed by atoms with Gasteiger partial charge in [0.15, 0.2) is 11.5 Å². The maximum absolute atomic E-state index is 12.7. The number of amides is 1. The number of rotatable bonds is 6. The van der Waals surface area contributed by atoms with Crippen LogP contribution in [-0.4, -0.2) is 56.4 Å². The highest BCUT2D eigenvalue weighted by Crippen LogP contribution is 2.39. The van der Waals surface area contributed by atoms with Gasteiger partial charge in [0.25, 0.3) is 0 Å². The number of para-hydroxylation sites is 2. The van der Waals surface area contributed by atoms with Gasteiger partial charge in [-0.05, 0) is 50.7 Å². The number of aromatic nitrogens is 3. The van der Waals surface area contributed by atoms with Crippen molar-refractivity contribution in [3.63, 3.8) is 0 Å². The van der Waals surface area contributed by atoms with Crippen LogP contribution in [0.5, 0.6) is 17.5 Å². The van der Waals surface area contributed by atoms with Gasteiger partial charge in [0.05, 0.1) is 6.04 Å². The second kappa shape index (κ2) is 8.40. The van der Waals surface area contributed by atoms with E-state index in [9.17, 15) is 23.1 Å². The van der Waals surface area contributed by atoms with E-state index in [2.05, 4.69) is 20.1 Å². The van der Waals surface area contributed by atoms with Crippen LogP contribution in [0.1, 0.15) is 32.7 Å². The molecule has 9 nitrogen and oxygen atoms in total. The molecular weight excluding hydrogens is 431 g/mol. The van der Waals surface area contributed by atoms with E-state index in [0.717, 1.165) is 18.9 Å². The van der Waals surface area contributed by atoms with Gasteiger partial charge in [0.1, 0.15) is 0 Å². The minimum atomic E-state index is -4.86. The van der Waals surface area contributed by atoms with Crippen molar-refractivity contribution in [3.05, 3.63) is 24.3 Å². The van der Waals surface area contributed by atoms with Crippen molar-refractivity contribution in [3.8, 4) is 17.5 Å². The molecule has 2 heterocycles. The van der Waals surface area contributed by atoms with E-state index in [0.29, 0.717) is 13.1 Å². The lowest BCUT2D eigenvalue weighted by Gasteiger charge is -2.36. The van der Waals surface area contributed by atoms with Crippen LogP contribution in [-0.2, 0) is 0 Å². The summed E-state index contributed by atoms with van der Waals surface area (Å²) in [5.74, 6) is -0.0525. The Hall–Kier alpha value is -3.18. The molecule has 1 saturated heterocycles. The number of anilines is 1. The number of carbonyl (C=O) groups is 1. The van der Waals surface area contributed by atoms with Crippen molar-refractivity contribution in [2.24, 2.45) is 11.8 Å². The predicted octanol–water partition coefficient (Wildman–Crippen LogP) is 4.35. The van der Waals surface area contributed by atoms with Gasteiger partial charge < -0.3 is 24.8 Å². The second-order valence-corrected chi connectivity index (χ2v) is 8.31. The van der Waals surface area contributed by atoms with Gasteiger partial charge in [-0.2, -0.15) is 4.98 Å². The number of hydrogen-bond acceptors (Lipinski definition) is 6. The second-order valence-electron chi connectivity index (χ2n) is 8.31. The number of hydrogen-bond donors (Lipinski definition) is 2. The molecule has 32 heavy (non-hydrogen) atoms. The maximum atomic E-state index is 12.7. The molecule has 1 aromatic carbocycles. The zero-order valence-corrected chi connectivity index (χ0v) is 17.5. The third-order valence-corrected chi connectivity index (χ3v) is 5.77. The molecule has 0 spiro atoms. The van der Waals surface area contributed by atoms with Gasteiger partial charge in [-0.25, -0.2) is 9.48 Å². The fourth-order valence-corrected chi connectivity index (χ4v) is 4.38. The Morgan fingerprint density at radius 3 is 2.38 bits per heavy atom. The van der Waals surface area contributed by atoms with Crippen LogP contribution in [0.2, 0.25) is 0 Å². The summed E-state index contributed by atoms with van der Waals surface area (Å²) < 4.78 is 49.4.